The molecule has 2 atom stereocenters. The number of fused-ring (bicyclic) bond motifs is 1. The van der Waals surface area contributed by atoms with E-state index in [9.17, 15) is 4.79 Å². The standard InChI is InChI=1S/C23H25N3O5/c1-13(15-10-21(27)25-12-15)31-23-16-6-5-7-24-18(16)11-17(26-23)14-8-19(28-2)22(30-4)20(9-14)29-3/h5-9,11,13,15H,10,12H2,1-4H3,(H,25,27). The number of hydrogen-bond donors (Lipinski definition) is 1. The van der Waals surface area contributed by atoms with Crippen LogP contribution >= 0.6 is 0 Å². The van der Waals surface area contributed by atoms with Gasteiger partial charge in [0.15, 0.2) is 11.5 Å². The van der Waals surface area contributed by atoms with Crippen LogP contribution in [0, 0.1) is 5.92 Å². The number of amides is 1. The van der Waals surface area contributed by atoms with Crippen molar-refractivity contribution in [3.63, 3.8) is 0 Å². The highest BCUT2D eigenvalue weighted by Crippen LogP contribution is 2.41. The Balaban J connectivity index is 1.78. The minimum atomic E-state index is -0.190. The molecule has 1 fully saturated rings. The Bertz CT molecular complexity index is 1090. The van der Waals surface area contributed by atoms with Crippen LogP contribution in [0.2, 0.25) is 0 Å². The smallest absolute Gasteiger partial charge is 0.223 e. The van der Waals surface area contributed by atoms with E-state index in [1.54, 1.807) is 27.5 Å². The van der Waals surface area contributed by atoms with Gasteiger partial charge in [0.25, 0.3) is 0 Å². The molecule has 8 heteroatoms. The maximum absolute atomic E-state index is 11.6. The second-order valence-corrected chi connectivity index (χ2v) is 7.39. The van der Waals surface area contributed by atoms with Crippen LogP contribution < -0.4 is 24.3 Å². The fourth-order valence-electron chi connectivity index (χ4n) is 3.74. The largest absolute Gasteiger partial charge is 0.493 e. The van der Waals surface area contributed by atoms with Gasteiger partial charge in [-0.25, -0.2) is 4.98 Å². The zero-order chi connectivity index (χ0) is 22.0. The lowest BCUT2D eigenvalue weighted by Gasteiger charge is -2.20. The SMILES string of the molecule is COc1cc(-c2cc3ncccc3c(OC(C)C3CNC(=O)C3)n2)cc(OC)c1OC. The fraction of sp³-hybridized carbons (Fsp3) is 0.348. The van der Waals surface area contributed by atoms with Gasteiger partial charge >= 0.3 is 0 Å². The van der Waals surface area contributed by atoms with Gasteiger partial charge in [0.2, 0.25) is 17.5 Å². The highest BCUT2D eigenvalue weighted by molar-refractivity contribution is 5.87. The van der Waals surface area contributed by atoms with E-state index < -0.39 is 0 Å². The molecule has 0 bridgehead atoms. The van der Waals surface area contributed by atoms with Crippen molar-refractivity contribution in [1.82, 2.24) is 15.3 Å². The van der Waals surface area contributed by atoms with Gasteiger partial charge in [-0.3, -0.25) is 9.78 Å². The lowest BCUT2D eigenvalue weighted by molar-refractivity contribution is -0.119. The van der Waals surface area contributed by atoms with Gasteiger partial charge in [0.05, 0.1) is 37.9 Å². The zero-order valence-electron chi connectivity index (χ0n) is 18.0. The maximum atomic E-state index is 11.6. The lowest BCUT2D eigenvalue weighted by Crippen LogP contribution is -2.26. The third-order valence-electron chi connectivity index (χ3n) is 5.50. The molecule has 1 saturated heterocycles. The number of nitrogens with one attached hydrogen (secondary N) is 1. The summed E-state index contributed by atoms with van der Waals surface area (Å²) in [5.41, 5.74) is 2.19. The van der Waals surface area contributed by atoms with E-state index in [2.05, 4.69) is 10.3 Å². The second-order valence-electron chi connectivity index (χ2n) is 7.39. The van der Waals surface area contributed by atoms with E-state index in [1.165, 1.54) is 0 Å². The van der Waals surface area contributed by atoms with Gasteiger partial charge in [-0.2, -0.15) is 0 Å². The minimum Gasteiger partial charge on any atom is -0.493 e. The Labute approximate surface area is 180 Å². The molecular weight excluding hydrogens is 398 g/mol. The Morgan fingerprint density at radius 1 is 1.10 bits per heavy atom. The third kappa shape index (κ3) is 4.05. The summed E-state index contributed by atoms with van der Waals surface area (Å²) in [6.45, 7) is 2.56. The molecular formula is C23H25N3O5. The molecule has 0 spiro atoms. The summed E-state index contributed by atoms with van der Waals surface area (Å²) in [6, 6.07) is 9.35. The van der Waals surface area contributed by atoms with Crippen molar-refractivity contribution >= 4 is 16.8 Å². The summed E-state index contributed by atoms with van der Waals surface area (Å²) in [6.07, 6.45) is 1.99. The Morgan fingerprint density at radius 3 is 2.45 bits per heavy atom. The number of aromatic nitrogens is 2. The van der Waals surface area contributed by atoms with Crippen LogP contribution in [0.1, 0.15) is 13.3 Å². The average Bonchev–Trinajstić information content (AvgIpc) is 3.24. The molecule has 1 aliphatic rings. The van der Waals surface area contributed by atoms with Gasteiger partial charge < -0.3 is 24.3 Å². The predicted octanol–water partition coefficient (Wildman–Crippen LogP) is 3.23. The first kappa shape index (κ1) is 20.7. The molecule has 3 aromatic rings. The van der Waals surface area contributed by atoms with Gasteiger partial charge in [-0.1, -0.05) is 0 Å². The van der Waals surface area contributed by atoms with Crippen LogP contribution in [0.3, 0.4) is 0 Å². The molecule has 1 aromatic carbocycles. The van der Waals surface area contributed by atoms with Crippen molar-refractivity contribution in [3.05, 3.63) is 36.5 Å². The first-order valence-corrected chi connectivity index (χ1v) is 10.0. The number of carbonyl (C=O) groups is 1. The Kier molecular flexibility index (Phi) is 5.79. The maximum Gasteiger partial charge on any atom is 0.223 e. The van der Waals surface area contributed by atoms with Crippen molar-refractivity contribution < 1.29 is 23.7 Å². The number of nitrogens with zero attached hydrogens (tertiary/aromatic N) is 2. The summed E-state index contributed by atoms with van der Waals surface area (Å²) >= 11 is 0. The average molecular weight is 423 g/mol. The molecule has 1 N–H and O–H groups in total. The number of pyridine rings is 2. The molecule has 31 heavy (non-hydrogen) atoms. The third-order valence-corrected chi connectivity index (χ3v) is 5.50. The van der Waals surface area contributed by atoms with E-state index in [1.807, 2.05) is 37.3 Å². The van der Waals surface area contributed by atoms with E-state index in [4.69, 9.17) is 23.9 Å². The number of rotatable bonds is 7. The van der Waals surface area contributed by atoms with Gasteiger partial charge in [0.1, 0.15) is 6.10 Å². The van der Waals surface area contributed by atoms with Crippen LogP contribution in [0.15, 0.2) is 36.5 Å². The van der Waals surface area contributed by atoms with E-state index in [0.717, 1.165) is 16.5 Å². The molecule has 0 aliphatic carbocycles. The summed E-state index contributed by atoms with van der Waals surface area (Å²) < 4.78 is 22.6. The first-order valence-electron chi connectivity index (χ1n) is 10.0. The van der Waals surface area contributed by atoms with Crippen LogP contribution in [-0.4, -0.2) is 49.9 Å². The number of carbonyl (C=O) groups excluding carboxylic acids is 1. The molecule has 2 aromatic heterocycles. The molecule has 2 unspecified atom stereocenters. The highest BCUT2D eigenvalue weighted by atomic mass is 16.5. The summed E-state index contributed by atoms with van der Waals surface area (Å²) in [5, 5.41) is 3.66. The van der Waals surface area contributed by atoms with Crippen molar-refractivity contribution in [2.24, 2.45) is 5.92 Å². The molecule has 0 saturated carbocycles. The molecule has 1 aliphatic heterocycles. The zero-order valence-corrected chi connectivity index (χ0v) is 18.0. The topological polar surface area (TPSA) is 91.8 Å². The van der Waals surface area contributed by atoms with Crippen molar-refractivity contribution in [1.29, 1.82) is 0 Å². The van der Waals surface area contributed by atoms with Crippen molar-refractivity contribution in [2.75, 3.05) is 27.9 Å². The summed E-state index contributed by atoms with van der Waals surface area (Å²) in [7, 11) is 4.71. The summed E-state index contributed by atoms with van der Waals surface area (Å²) in [5.74, 6) is 2.19. The molecule has 1 amide bonds. The van der Waals surface area contributed by atoms with E-state index >= 15 is 0 Å². The number of hydrogen-bond acceptors (Lipinski definition) is 7. The number of methoxy groups -OCH3 is 3. The fourth-order valence-corrected chi connectivity index (χ4v) is 3.74. The molecule has 0 radical (unpaired) electrons. The van der Waals surface area contributed by atoms with Crippen LogP contribution in [0.25, 0.3) is 22.2 Å². The number of ether oxygens (including phenoxy) is 4. The van der Waals surface area contributed by atoms with E-state index in [-0.39, 0.29) is 17.9 Å². The highest BCUT2D eigenvalue weighted by Gasteiger charge is 2.29. The Hall–Kier alpha value is -3.55. The lowest BCUT2D eigenvalue weighted by atomic mass is 10.0. The van der Waals surface area contributed by atoms with Crippen LogP contribution in [0.5, 0.6) is 23.1 Å². The molecule has 162 valence electrons. The van der Waals surface area contributed by atoms with Crippen LogP contribution in [0.4, 0.5) is 0 Å². The van der Waals surface area contributed by atoms with E-state index in [0.29, 0.717) is 41.8 Å². The monoisotopic (exact) mass is 423 g/mol. The van der Waals surface area contributed by atoms with Crippen molar-refractivity contribution in [2.45, 2.75) is 19.4 Å². The van der Waals surface area contributed by atoms with Gasteiger partial charge in [0, 0.05) is 30.6 Å². The van der Waals surface area contributed by atoms with Crippen molar-refractivity contribution in [3.8, 4) is 34.4 Å². The van der Waals surface area contributed by atoms with Gasteiger partial charge in [-0.05, 0) is 37.3 Å². The molecule has 8 nitrogen and oxygen atoms in total. The second kappa shape index (κ2) is 8.67. The normalized spacial score (nSPS) is 16.6. The number of benzene rings is 1. The Morgan fingerprint density at radius 2 is 1.84 bits per heavy atom. The first-order chi connectivity index (χ1) is 15.0. The van der Waals surface area contributed by atoms with Crippen LogP contribution in [-0.2, 0) is 4.79 Å². The quantitative estimate of drug-likeness (QED) is 0.624. The van der Waals surface area contributed by atoms with Gasteiger partial charge in [-0.15, -0.1) is 0 Å². The predicted molar refractivity (Wildman–Crippen MR) is 116 cm³/mol. The molecule has 4 rings (SSSR count). The molecule has 3 heterocycles. The summed E-state index contributed by atoms with van der Waals surface area (Å²) in [4.78, 5) is 20.9. The minimum absolute atomic E-state index is 0.0473.